The first-order valence-corrected chi connectivity index (χ1v) is 14.3. The van der Waals surface area contributed by atoms with Crippen molar-refractivity contribution in [2.45, 2.75) is 24.9 Å². The Morgan fingerprint density at radius 1 is 1.02 bits per heavy atom. The van der Waals surface area contributed by atoms with Crippen molar-refractivity contribution in [1.82, 2.24) is 19.4 Å². The monoisotopic (exact) mass is 558 g/mol. The van der Waals surface area contributed by atoms with Crippen LogP contribution in [0.15, 0.2) is 78.9 Å². The molecule has 4 aromatic carbocycles. The Morgan fingerprint density at radius 3 is 2.67 bits per heavy atom. The van der Waals surface area contributed by atoms with Crippen LogP contribution in [0.1, 0.15) is 24.8 Å². The Balaban J connectivity index is 1.30. The van der Waals surface area contributed by atoms with Crippen LogP contribution in [-0.2, 0) is 0 Å². The number of piperidine rings is 1. The number of H-pyrrole nitrogens is 1. The van der Waals surface area contributed by atoms with E-state index in [4.69, 9.17) is 4.98 Å². The Bertz CT molecular complexity index is 1990. The van der Waals surface area contributed by atoms with Crippen LogP contribution in [-0.4, -0.2) is 56.8 Å². The van der Waals surface area contributed by atoms with Crippen molar-refractivity contribution in [2.24, 2.45) is 0 Å². The van der Waals surface area contributed by atoms with Crippen LogP contribution in [0.3, 0.4) is 0 Å². The lowest BCUT2D eigenvalue weighted by Gasteiger charge is -2.36. The van der Waals surface area contributed by atoms with E-state index in [2.05, 4.69) is 51.1 Å². The van der Waals surface area contributed by atoms with Crippen molar-refractivity contribution >= 4 is 38.5 Å². The molecule has 210 valence electrons. The Morgan fingerprint density at radius 2 is 1.83 bits per heavy atom. The van der Waals surface area contributed by atoms with Gasteiger partial charge in [0.1, 0.15) is 17.7 Å². The number of anilines is 1. The second kappa shape index (κ2) is 10.3. The van der Waals surface area contributed by atoms with Crippen molar-refractivity contribution in [3.05, 3.63) is 90.2 Å². The maximum atomic E-state index is 13.9. The Hall–Kier alpha value is -4.71. The van der Waals surface area contributed by atoms with Crippen LogP contribution in [0.2, 0.25) is 0 Å². The van der Waals surface area contributed by atoms with Gasteiger partial charge in [0.2, 0.25) is 0 Å². The van der Waals surface area contributed by atoms with Gasteiger partial charge in [0.25, 0.3) is 0 Å². The van der Waals surface area contributed by atoms with E-state index < -0.39 is 5.60 Å². The molecule has 0 aliphatic carbocycles. The second-order valence-corrected chi connectivity index (χ2v) is 11.3. The highest BCUT2D eigenvalue weighted by molar-refractivity contribution is 6.15. The van der Waals surface area contributed by atoms with Gasteiger partial charge in [-0.1, -0.05) is 30.3 Å². The summed E-state index contributed by atoms with van der Waals surface area (Å²) in [5.74, 6) is 0.372. The molecule has 42 heavy (non-hydrogen) atoms. The molecule has 6 aromatic rings. The molecule has 7 nitrogen and oxygen atoms in total. The molecule has 3 N–H and O–H groups in total. The minimum absolute atomic E-state index is 0.307. The van der Waals surface area contributed by atoms with Gasteiger partial charge in [0, 0.05) is 41.7 Å². The third kappa shape index (κ3) is 4.57. The summed E-state index contributed by atoms with van der Waals surface area (Å²) in [6.07, 6.45) is 2.12. The summed E-state index contributed by atoms with van der Waals surface area (Å²) in [7, 11) is 2.08. The molecule has 0 spiro atoms. The molecule has 8 heteroatoms. The highest BCUT2D eigenvalue weighted by Gasteiger charge is 2.30. The number of hydrogen-bond donors (Lipinski definition) is 3. The number of rotatable bonds is 6. The van der Waals surface area contributed by atoms with Gasteiger partial charge in [-0.05, 0) is 74.8 Å². The number of halogens is 1. The fourth-order valence-electron chi connectivity index (χ4n) is 6.23. The van der Waals surface area contributed by atoms with Crippen LogP contribution >= 0.6 is 0 Å². The summed E-state index contributed by atoms with van der Waals surface area (Å²) in [6.45, 7) is 2.34. The zero-order valence-corrected chi connectivity index (χ0v) is 23.4. The molecule has 0 unspecified atom stereocenters. The van der Waals surface area contributed by atoms with Crippen molar-refractivity contribution in [3.8, 4) is 23.1 Å². The molecular weight excluding hydrogens is 527 g/mol. The smallest absolute Gasteiger partial charge is 0.139 e. The van der Waals surface area contributed by atoms with Crippen LogP contribution in [0.5, 0.6) is 0 Å². The normalized spacial score (nSPS) is 15.4. The van der Waals surface area contributed by atoms with E-state index in [1.165, 1.54) is 12.1 Å². The van der Waals surface area contributed by atoms with Gasteiger partial charge >= 0.3 is 0 Å². The third-order valence-corrected chi connectivity index (χ3v) is 8.60. The Labute approximate surface area is 242 Å². The van der Waals surface area contributed by atoms with Gasteiger partial charge in [-0.2, -0.15) is 5.26 Å². The van der Waals surface area contributed by atoms with E-state index >= 15 is 0 Å². The van der Waals surface area contributed by atoms with Gasteiger partial charge in [-0.15, -0.1) is 0 Å². The molecule has 1 aliphatic heterocycles. The van der Waals surface area contributed by atoms with Gasteiger partial charge in [-0.3, -0.25) is 0 Å². The number of aromatic amines is 1. The summed E-state index contributed by atoms with van der Waals surface area (Å²) in [5, 5.41) is 26.5. The number of imidazole rings is 1. The summed E-state index contributed by atoms with van der Waals surface area (Å²) < 4.78 is 16.1. The third-order valence-electron chi connectivity index (χ3n) is 8.60. The van der Waals surface area contributed by atoms with Crippen LogP contribution in [0.25, 0.3) is 49.9 Å². The van der Waals surface area contributed by atoms with E-state index in [9.17, 15) is 14.8 Å². The van der Waals surface area contributed by atoms with E-state index in [1.807, 2.05) is 42.5 Å². The minimum Gasteiger partial charge on any atom is -0.390 e. The predicted octanol–water partition coefficient (Wildman–Crippen LogP) is 6.60. The van der Waals surface area contributed by atoms with Crippen molar-refractivity contribution < 1.29 is 9.50 Å². The molecule has 0 atom stereocenters. The van der Waals surface area contributed by atoms with Crippen molar-refractivity contribution in [2.75, 3.05) is 32.0 Å². The van der Waals surface area contributed by atoms with Gasteiger partial charge in [0.15, 0.2) is 0 Å². The molecule has 3 heterocycles. The average Bonchev–Trinajstić information content (AvgIpc) is 3.57. The lowest BCUT2D eigenvalue weighted by atomic mass is 9.88. The van der Waals surface area contributed by atoms with Gasteiger partial charge < -0.3 is 24.9 Å². The minimum atomic E-state index is -0.685. The van der Waals surface area contributed by atoms with Crippen LogP contribution in [0, 0.1) is 17.1 Å². The average molecular weight is 559 g/mol. The molecule has 2 aromatic heterocycles. The summed E-state index contributed by atoms with van der Waals surface area (Å²) in [5.41, 5.74) is 5.85. The molecular formula is C34H31FN6O. The maximum Gasteiger partial charge on any atom is 0.139 e. The molecule has 0 bridgehead atoms. The summed E-state index contributed by atoms with van der Waals surface area (Å²) in [4.78, 5) is 10.3. The molecule has 7 rings (SSSR count). The number of nitrogens with one attached hydrogen (secondary N) is 2. The van der Waals surface area contributed by atoms with E-state index in [0.717, 1.165) is 64.7 Å². The molecule has 1 saturated heterocycles. The number of nitriles is 1. The first-order chi connectivity index (χ1) is 20.4. The number of aromatic nitrogens is 3. The lowest BCUT2D eigenvalue weighted by Crippen LogP contribution is -2.43. The SMILES string of the molecule is CN1CCC(O)(CCNc2cc(-n3c4ccccc4c4c(-c5nc6ccc(F)cc6[nH]5)cccc43)ccc2C#N)CC1. The standard InChI is InChI=1S/C34H31FN6O/c1-40-17-14-34(42,15-18-40)13-16-37-28-20-24(11-9-22(28)21-36)41-30-7-3-2-5-25(30)32-26(6-4-8-31(32)41)33-38-27-12-10-23(35)19-29(27)39-33/h2-12,19-20,37,42H,13-18H2,1H3,(H,38,39). The van der Waals surface area contributed by atoms with Crippen molar-refractivity contribution in [3.63, 3.8) is 0 Å². The molecule has 0 saturated carbocycles. The lowest BCUT2D eigenvalue weighted by molar-refractivity contribution is -0.0194. The van der Waals surface area contributed by atoms with Gasteiger partial charge in [-0.25, -0.2) is 9.37 Å². The largest absolute Gasteiger partial charge is 0.390 e. The number of para-hydroxylation sites is 1. The molecule has 1 fully saturated rings. The maximum absolute atomic E-state index is 13.9. The van der Waals surface area contributed by atoms with Crippen LogP contribution < -0.4 is 5.32 Å². The number of fused-ring (bicyclic) bond motifs is 4. The van der Waals surface area contributed by atoms with E-state index in [1.54, 1.807) is 6.07 Å². The number of benzene rings is 4. The number of nitrogens with zero attached hydrogens (tertiary/aromatic N) is 4. The zero-order valence-electron chi connectivity index (χ0n) is 23.4. The molecule has 1 aliphatic rings. The van der Waals surface area contributed by atoms with E-state index in [0.29, 0.717) is 35.4 Å². The number of aliphatic hydroxyl groups is 1. The van der Waals surface area contributed by atoms with E-state index in [-0.39, 0.29) is 5.82 Å². The number of hydrogen-bond acceptors (Lipinski definition) is 5. The fraction of sp³-hybridized carbons (Fsp3) is 0.235. The topological polar surface area (TPSA) is 92.9 Å². The fourth-order valence-corrected chi connectivity index (χ4v) is 6.23. The first kappa shape index (κ1) is 26.2. The predicted molar refractivity (Wildman–Crippen MR) is 165 cm³/mol. The van der Waals surface area contributed by atoms with Crippen molar-refractivity contribution in [1.29, 1.82) is 5.26 Å². The quantitative estimate of drug-likeness (QED) is 0.214. The molecule has 0 radical (unpaired) electrons. The highest BCUT2D eigenvalue weighted by atomic mass is 19.1. The van der Waals surface area contributed by atoms with Crippen LogP contribution in [0.4, 0.5) is 10.1 Å². The summed E-state index contributed by atoms with van der Waals surface area (Å²) in [6, 6.07) is 27.1. The number of likely N-dealkylation sites (tertiary alicyclic amines) is 1. The second-order valence-electron chi connectivity index (χ2n) is 11.3. The zero-order chi connectivity index (χ0) is 28.8. The van der Waals surface area contributed by atoms with Gasteiger partial charge in [0.05, 0.1) is 38.9 Å². The Kier molecular flexibility index (Phi) is 6.42. The summed E-state index contributed by atoms with van der Waals surface area (Å²) >= 11 is 0. The molecule has 0 amide bonds. The first-order valence-electron chi connectivity index (χ1n) is 14.3. The highest BCUT2D eigenvalue weighted by Crippen LogP contribution is 2.38.